The Balaban J connectivity index is 1.87. The summed E-state index contributed by atoms with van der Waals surface area (Å²) in [6.07, 6.45) is 1.59. The third kappa shape index (κ3) is 3.29. The van der Waals surface area contributed by atoms with Crippen molar-refractivity contribution in [2.45, 2.75) is 0 Å². The number of carbonyl (C=O) groups is 2. The Morgan fingerprint density at radius 1 is 1.12 bits per heavy atom. The van der Waals surface area contributed by atoms with Crippen LogP contribution < -0.4 is 10.2 Å². The predicted molar refractivity (Wildman–Crippen MR) is 91.8 cm³/mol. The fourth-order valence-electron chi connectivity index (χ4n) is 2.60. The average Bonchev–Trinajstić information content (AvgIpc) is 2.55. The first-order chi connectivity index (χ1) is 11.5. The van der Waals surface area contributed by atoms with Gasteiger partial charge in [0.15, 0.2) is 5.11 Å². The molecular formula is C16H17FN4O2S. The number of hydrogen-bond acceptors (Lipinski definition) is 5. The van der Waals surface area contributed by atoms with E-state index in [2.05, 4.69) is 10.2 Å². The van der Waals surface area contributed by atoms with Gasteiger partial charge in [-0.2, -0.15) is 0 Å². The van der Waals surface area contributed by atoms with Crippen LogP contribution in [0.3, 0.4) is 0 Å². The number of benzene rings is 1. The zero-order chi connectivity index (χ0) is 17.3. The molecule has 1 aromatic rings. The maximum absolute atomic E-state index is 13.1. The molecule has 0 radical (unpaired) electrons. The van der Waals surface area contributed by atoms with Gasteiger partial charge in [-0.1, -0.05) is 0 Å². The van der Waals surface area contributed by atoms with E-state index in [4.69, 9.17) is 12.2 Å². The summed E-state index contributed by atoms with van der Waals surface area (Å²) in [6, 6.07) is 5.38. The van der Waals surface area contributed by atoms with Gasteiger partial charge in [0, 0.05) is 32.4 Å². The molecule has 0 spiro atoms. The molecule has 2 amide bonds. The van der Waals surface area contributed by atoms with Gasteiger partial charge in [-0.15, -0.1) is 0 Å². The summed E-state index contributed by atoms with van der Waals surface area (Å²) >= 11 is 5.10. The van der Waals surface area contributed by atoms with E-state index in [1.165, 1.54) is 29.2 Å². The number of rotatable bonds is 2. The summed E-state index contributed by atoms with van der Waals surface area (Å²) in [5.41, 5.74) is 0.438. The van der Waals surface area contributed by atoms with Crippen LogP contribution in [-0.4, -0.2) is 60.0 Å². The lowest BCUT2D eigenvalue weighted by Crippen LogP contribution is -2.55. The third-order valence-corrected chi connectivity index (χ3v) is 4.32. The van der Waals surface area contributed by atoms with E-state index < -0.39 is 17.6 Å². The maximum atomic E-state index is 13.1. The normalized spacial score (nSPS) is 21.4. The van der Waals surface area contributed by atoms with Crippen molar-refractivity contribution < 1.29 is 14.0 Å². The average molecular weight is 348 g/mol. The predicted octanol–water partition coefficient (Wildman–Crippen LogP) is 0.705. The number of nitrogens with one attached hydrogen (secondary N) is 1. The molecule has 8 heteroatoms. The molecule has 0 atom stereocenters. The topological polar surface area (TPSA) is 55.9 Å². The first-order valence-electron chi connectivity index (χ1n) is 7.55. The Morgan fingerprint density at radius 3 is 2.38 bits per heavy atom. The minimum absolute atomic E-state index is 0.00728. The van der Waals surface area contributed by atoms with Crippen LogP contribution in [0, 0.1) is 5.82 Å². The molecule has 24 heavy (non-hydrogen) atoms. The highest BCUT2D eigenvalue weighted by Gasteiger charge is 2.35. The Bertz CT molecular complexity index is 711. The SMILES string of the molecule is CN1CCN(C=C2C(=O)NC(=S)N(c3ccc(F)cc3)C2=O)CC1. The number of thiocarbonyl (C=S) groups is 1. The lowest BCUT2D eigenvalue weighted by Gasteiger charge is -2.33. The van der Waals surface area contributed by atoms with Crippen LogP contribution >= 0.6 is 12.2 Å². The molecule has 2 fully saturated rings. The largest absolute Gasteiger partial charge is 0.374 e. The minimum atomic E-state index is -0.512. The highest BCUT2D eigenvalue weighted by atomic mass is 32.1. The number of piperazine rings is 1. The van der Waals surface area contributed by atoms with Gasteiger partial charge in [0.05, 0.1) is 5.69 Å². The molecule has 2 heterocycles. The molecular weight excluding hydrogens is 331 g/mol. The van der Waals surface area contributed by atoms with Gasteiger partial charge in [-0.3, -0.25) is 19.8 Å². The van der Waals surface area contributed by atoms with E-state index in [-0.39, 0.29) is 10.7 Å². The van der Waals surface area contributed by atoms with E-state index >= 15 is 0 Å². The van der Waals surface area contributed by atoms with Crippen LogP contribution in [0.5, 0.6) is 0 Å². The lowest BCUT2D eigenvalue weighted by molar-refractivity contribution is -0.122. The van der Waals surface area contributed by atoms with Gasteiger partial charge in [0.1, 0.15) is 11.4 Å². The minimum Gasteiger partial charge on any atom is -0.374 e. The summed E-state index contributed by atoms with van der Waals surface area (Å²) < 4.78 is 13.1. The summed E-state index contributed by atoms with van der Waals surface area (Å²) in [5.74, 6) is -1.43. The van der Waals surface area contributed by atoms with Gasteiger partial charge in [-0.05, 0) is 43.5 Å². The second kappa shape index (κ2) is 6.66. The van der Waals surface area contributed by atoms with Crippen molar-refractivity contribution in [2.24, 2.45) is 0 Å². The molecule has 6 nitrogen and oxygen atoms in total. The molecule has 2 saturated heterocycles. The number of likely N-dealkylation sites (N-methyl/N-ethyl adjacent to an activating group) is 1. The van der Waals surface area contributed by atoms with Crippen molar-refractivity contribution in [1.29, 1.82) is 0 Å². The lowest BCUT2D eigenvalue weighted by atomic mass is 10.1. The van der Waals surface area contributed by atoms with Crippen LogP contribution in [0.1, 0.15) is 0 Å². The van der Waals surface area contributed by atoms with Crippen molar-refractivity contribution >= 4 is 34.8 Å². The van der Waals surface area contributed by atoms with Gasteiger partial charge in [0.25, 0.3) is 11.8 Å². The van der Waals surface area contributed by atoms with Crippen LogP contribution in [0.4, 0.5) is 10.1 Å². The molecule has 0 unspecified atom stereocenters. The van der Waals surface area contributed by atoms with Gasteiger partial charge < -0.3 is 9.80 Å². The number of halogens is 1. The summed E-state index contributed by atoms with van der Waals surface area (Å²) in [4.78, 5) is 30.3. The van der Waals surface area contributed by atoms with Crippen molar-refractivity contribution in [3.05, 3.63) is 41.9 Å². The Morgan fingerprint density at radius 2 is 1.75 bits per heavy atom. The monoisotopic (exact) mass is 348 g/mol. The van der Waals surface area contributed by atoms with Crippen LogP contribution in [-0.2, 0) is 9.59 Å². The molecule has 2 aliphatic rings. The van der Waals surface area contributed by atoms with Gasteiger partial charge in [-0.25, -0.2) is 4.39 Å². The molecule has 1 aromatic carbocycles. The quantitative estimate of drug-likeness (QED) is 0.485. The Kier molecular flexibility index (Phi) is 4.59. The first kappa shape index (κ1) is 16.5. The van der Waals surface area contributed by atoms with Crippen molar-refractivity contribution in [1.82, 2.24) is 15.1 Å². The molecule has 126 valence electrons. The van der Waals surface area contributed by atoms with Crippen molar-refractivity contribution in [3.63, 3.8) is 0 Å². The summed E-state index contributed by atoms with van der Waals surface area (Å²) in [7, 11) is 2.03. The second-order valence-corrected chi connectivity index (χ2v) is 6.14. The third-order valence-electron chi connectivity index (χ3n) is 4.04. The fourth-order valence-corrected chi connectivity index (χ4v) is 2.88. The first-order valence-corrected chi connectivity index (χ1v) is 7.96. The van der Waals surface area contributed by atoms with Crippen LogP contribution in [0.15, 0.2) is 36.0 Å². The standard InChI is InChI=1S/C16H17FN4O2S/c1-19-6-8-20(9-7-19)10-13-14(22)18-16(24)21(15(13)23)12-4-2-11(17)3-5-12/h2-5,10H,6-9H2,1H3,(H,18,22,24). The Hall–Kier alpha value is -2.32. The van der Waals surface area contributed by atoms with Gasteiger partial charge in [0.2, 0.25) is 0 Å². The van der Waals surface area contributed by atoms with E-state index in [1.54, 1.807) is 6.20 Å². The van der Waals surface area contributed by atoms with Gasteiger partial charge >= 0.3 is 0 Å². The number of hydrogen-bond donors (Lipinski definition) is 1. The zero-order valence-electron chi connectivity index (χ0n) is 13.2. The maximum Gasteiger partial charge on any atom is 0.271 e. The smallest absolute Gasteiger partial charge is 0.271 e. The molecule has 3 rings (SSSR count). The van der Waals surface area contributed by atoms with Crippen LogP contribution in [0.2, 0.25) is 0 Å². The number of carbonyl (C=O) groups excluding carboxylic acids is 2. The van der Waals surface area contributed by atoms with E-state index in [0.29, 0.717) is 5.69 Å². The Labute approximate surface area is 144 Å². The number of amides is 2. The van der Waals surface area contributed by atoms with Crippen molar-refractivity contribution in [2.75, 3.05) is 38.1 Å². The molecule has 0 aromatic heterocycles. The highest BCUT2D eigenvalue weighted by Crippen LogP contribution is 2.21. The highest BCUT2D eigenvalue weighted by molar-refractivity contribution is 7.80. The van der Waals surface area contributed by atoms with Crippen molar-refractivity contribution in [3.8, 4) is 0 Å². The fraction of sp³-hybridized carbons (Fsp3) is 0.312. The second-order valence-electron chi connectivity index (χ2n) is 5.76. The number of anilines is 1. The molecule has 1 N–H and O–H groups in total. The summed E-state index contributed by atoms with van der Waals surface area (Å²) in [5, 5.41) is 2.51. The molecule has 0 aliphatic carbocycles. The van der Waals surface area contributed by atoms with E-state index in [9.17, 15) is 14.0 Å². The zero-order valence-corrected chi connectivity index (χ0v) is 14.0. The number of nitrogens with zero attached hydrogens (tertiary/aromatic N) is 3. The van der Waals surface area contributed by atoms with Crippen LogP contribution in [0.25, 0.3) is 0 Å². The molecule has 0 bridgehead atoms. The van der Waals surface area contributed by atoms with E-state index in [1.807, 2.05) is 11.9 Å². The molecule has 0 saturated carbocycles. The van der Waals surface area contributed by atoms with E-state index in [0.717, 1.165) is 26.2 Å². The summed E-state index contributed by atoms with van der Waals surface area (Å²) in [6.45, 7) is 3.20. The molecule has 2 aliphatic heterocycles.